The number of aliphatic hydroxyl groups is 1. The molecule has 2 N–H and O–H groups in total. The molecule has 1 aromatic carbocycles. The SMILES string of the molecule is O=C(Nc1ccc(C#CCCO)cc1)C1C2CCCC21. The van der Waals surface area contributed by atoms with Crippen LogP contribution in [-0.4, -0.2) is 17.6 Å². The molecule has 3 heteroatoms. The molecule has 20 heavy (non-hydrogen) atoms. The second-order valence-electron chi connectivity index (χ2n) is 5.63. The number of benzene rings is 1. The molecule has 2 fully saturated rings. The number of fused-ring (bicyclic) bond motifs is 1. The average Bonchev–Trinajstić information content (AvgIpc) is 2.95. The highest BCUT2D eigenvalue weighted by Crippen LogP contribution is 2.57. The van der Waals surface area contributed by atoms with Gasteiger partial charge in [0.1, 0.15) is 0 Å². The summed E-state index contributed by atoms with van der Waals surface area (Å²) in [6, 6.07) is 7.57. The minimum absolute atomic E-state index is 0.0882. The molecule has 2 aliphatic carbocycles. The summed E-state index contributed by atoms with van der Waals surface area (Å²) < 4.78 is 0. The predicted octanol–water partition coefficient (Wildman–Crippen LogP) is 2.41. The number of carbonyl (C=O) groups excluding carboxylic acids is 1. The van der Waals surface area contributed by atoms with Crippen molar-refractivity contribution in [1.82, 2.24) is 0 Å². The lowest BCUT2D eigenvalue weighted by Gasteiger charge is -2.06. The van der Waals surface area contributed by atoms with Crippen molar-refractivity contribution >= 4 is 11.6 Å². The van der Waals surface area contributed by atoms with E-state index in [1.54, 1.807) is 0 Å². The number of aliphatic hydroxyl groups excluding tert-OH is 1. The molecule has 0 spiro atoms. The van der Waals surface area contributed by atoms with Gasteiger partial charge in [0.2, 0.25) is 5.91 Å². The van der Waals surface area contributed by atoms with E-state index < -0.39 is 0 Å². The van der Waals surface area contributed by atoms with Gasteiger partial charge in [-0.15, -0.1) is 0 Å². The number of hydrogen-bond donors (Lipinski definition) is 2. The topological polar surface area (TPSA) is 49.3 Å². The summed E-state index contributed by atoms with van der Waals surface area (Å²) in [4.78, 5) is 12.1. The second kappa shape index (κ2) is 5.68. The van der Waals surface area contributed by atoms with Crippen LogP contribution in [0.3, 0.4) is 0 Å². The van der Waals surface area contributed by atoms with Gasteiger partial charge in [0.15, 0.2) is 0 Å². The van der Waals surface area contributed by atoms with Gasteiger partial charge < -0.3 is 10.4 Å². The Balaban J connectivity index is 1.56. The Hall–Kier alpha value is -1.79. The fourth-order valence-electron chi connectivity index (χ4n) is 3.29. The van der Waals surface area contributed by atoms with E-state index in [1.165, 1.54) is 19.3 Å². The van der Waals surface area contributed by atoms with Crippen LogP contribution < -0.4 is 5.32 Å². The van der Waals surface area contributed by atoms with Crippen LogP contribution in [0.4, 0.5) is 5.69 Å². The third kappa shape index (κ3) is 2.71. The summed E-state index contributed by atoms with van der Waals surface area (Å²) in [5.74, 6) is 7.59. The Labute approximate surface area is 119 Å². The van der Waals surface area contributed by atoms with Crippen LogP contribution in [0, 0.1) is 29.6 Å². The minimum Gasteiger partial charge on any atom is -0.395 e. The maximum Gasteiger partial charge on any atom is 0.228 e. The molecule has 0 aliphatic heterocycles. The molecule has 0 saturated heterocycles. The molecule has 0 heterocycles. The van der Waals surface area contributed by atoms with Crippen LogP contribution in [0.25, 0.3) is 0 Å². The van der Waals surface area contributed by atoms with Crippen LogP contribution in [0.15, 0.2) is 24.3 Å². The molecule has 2 atom stereocenters. The highest BCUT2D eigenvalue weighted by atomic mass is 16.2. The Bertz CT molecular complexity index is 543. The third-order valence-corrected chi connectivity index (χ3v) is 4.33. The van der Waals surface area contributed by atoms with Crippen molar-refractivity contribution in [3.8, 4) is 11.8 Å². The Morgan fingerprint density at radius 3 is 2.60 bits per heavy atom. The fourth-order valence-corrected chi connectivity index (χ4v) is 3.29. The van der Waals surface area contributed by atoms with Gasteiger partial charge in [0.05, 0.1) is 6.61 Å². The molecular weight excluding hydrogens is 250 g/mol. The van der Waals surface area contributed by atoms with Crippen molar-refractivity contribution in [3.63, 3.8) is 0 Å². The average molecular weight is 269 g/mol. The highest BCUT2D eigenvalue weighted by molar-refractivity contribution is 5.95. The lowest BCUT2D eigenvalue weighted by atomic mass is 10.1. The van der Waals surface area contributed by atoms with Crippen molar-refractivity contribution in [2.45, 2.75) is 25.7 Å². The molecule has 2 unspecified atom stereocenters. The van der Waals surface area contributed by atoms with E-state index in [-0.39, 0.29) is 18.4 Å². The van der Waals surface area contributed by atoms with Crippen LogP contribution >= 0.6 is 0 Å². The molecule has 2 saturated carbocycles. The molecular formula is C17H19NO2. The Morgan fingerprint density at radius 2 is 1.95 bits per heavy atom. The summed E-state index contributed by atoms with van der Waals surface area (Å²) in [5.41, 5.74) is 1.74. The van der Waals surface area contributed by atoms with Gasteiger partial charge in [0.25, 0.3) is 0 Å². The van der Waals surface area contributed by atoms with Crippen molar-refractivity contribution in [1.29, 1.82) is 0 Å². The van der Waals surface area contributed by atoms with E-state index in [1.807, 2.05) is 24.3 Å². The van der Waals surface area contributed by atoms with Gasteiger partial charge in [0, 0.05) is 23.6 Å². The van der Waals surface area contributed by atoms with Crippen molar-refractivity contribution in [2.24, 2.45) is 17.8 Å². The first-order valence-corrected chi connectivity index (χ1v) is 7.30. The number of carbonyl (C=O) groups is 1. The standard InChI is InChI=1S/C17H19NO2/c19-11-2-1-4-12-7-9-13(10-8-12)18-17(20)16-14-5-3-6-15(14)16/h7-10,14-16,19H,2-3,5-6,11H2,(H,18,20). The summed E-state index contributed by atoms with van der Waals surface area (Å²) >= 11 is 0. The summed E-state index contributed by atoms with van der Waals surface area (Å²) in [6.07, 6.45) is 4.23. The number of nitrogens with one attached hydrogen (secondary N) is 1. The highest BCUT2D eigenvalue weighted by Gasteiger charge is 2.56. The fraction of sp³-hybridized carbons (Fsp3) is 0.471. The van der Waals surface area contributed by atoms with Gasteiger partial charge in [-0.2, -0.15) is 0 Å². The first kappa shape index (κ1) is 13.2. The number of rotatable bonds is 3. The molecule has 1 aromatic rings. The van der Waals surface area contributed by atoms with Crippen molar-refractivity contribution in [3.05, 3.63) is 29.8 Å². The van der Waals surface area contributed by atoms with Gasteiger partial charge in [-0.05, 0) is 48.9 Å². The molecule has 1 amide bonds. The summed E-state index contributed by atoms with van der Waals surface area (Å²) in [5, 5.41) is 11.7. The van der Waals surface area contributed by atoms with Gasteiger partial charge >= 0.3 is 0 Å². The largest absolute Gasteiger partial charge is 0.395 e. The van der Waals surface area contributed by atoms with Crippen LogP contribution in [0.1, 0.15) is 31.2 Å². The first-order chi connectivity index (χ1) is 9.79. The molecule has 104 valence electrons. The summed E-state index contributed by atoms with van der Waals surface area (Å²) in [6.45, 7) is 0.0882. The zero-order chi connectivity index (χ0) is 13.9. The number of hydrogen-bond acceptors (Lipinski definition) is 2. The lowest BCUT2D eigenvalue weighted by molar-refractivity contribution is -0.118. The molecule has 0 aromatic heterocycles. The third-order valence-electron chi connectivity index (χ3n) is 4.33. The molecule has 3 rings (SSSR count). The monoisotopic (exact) mass is 269 g/mol. The maximum atomic E-state index is 12.1. The van der Waals surface area contributed by atoms with Crippen LogP contribution in [-0.2, 0) is 4.79 Å². The van der Waals surface area contributed by atoms with Crippen molar-refractivity contribution in [2.75, 3.05) is 11.9 Å². The van der Waals surface area contributed by atoms with Crippen molar-refractivity contribution < 1.29 is 9.90 Å². The predicted molar refractivity (Wildman–Crippen MR) is 78.0 cm³/mol. The molecule has 3 nitrogen and oxygen atoms in total. The van der Waals surface area contributed by atoms with Crippen LogP contribution in [0.5, 0.6) is 0 Å². The maximum absolute atomic E-state index is 12.1. The number of anilines is 1. The van der Waals surface area contributed by atoms with E-state index in [0.29, 0.717) is 18.3 Å². The zero-order valence-electron chi connectivity index (χ0n) is 11.4. The van der Waals surface area contributed by atoms with E-state index in [0.717, 1.165) is 11.3 Å². The van der Waals surface area contributed by atoms with E-state index >= 15 is 0 Å². The quantitative estimate of drug-likeness (QED) is 0.828. The van der Waals surface area contributed by atoms with Gasteiger partial charge in [-0.3, -0.25) is 4.79 Å². The molecule has 2 aliphatic rings. The molecule has 0 bridgehead atoms. The zero-order valence-corrected chi connectivity index (χ0v) is 11.4. The van der Waals surface area contributed by atoms with E-state index in [2.05, 4.69) is 17.2 Å². The van der Waals surface area contributed by atoms with E-state index in [4.69, 9.17) is 5.11 Å². The second-order valence-corrected chi connectivity index (χ2v) is 5.63. The minimum atomic E-state index is 0.0882. The first-order valence-electron chi connectivity index (χ1n) is 7.30. The van der Waals surface area contributed by atoms with Gasteiger partial charge in [-0.1, -0.05) is 18.3 Å². The van der Waals surface area contributed by atoms with Crippen LogP contribution in [0.2, 0.25) is 0 Å². The Morgan fingerprint density at radius 1 is 1.25 bits per heavy atom. The Kier molecular flexibility index (Phi) is 3.75. The molecule has 0 radical (unpaired) electrons. The summed E-state index contributed by atoms with van der Waals surface area (Å²) in [7, 11) is 0. The lowest BCUT2D eigenvalue weighted by Crippen LogP contribution is -2.16. The number of amides is 1. The smallest absolute Gasteiger partial charge is 0.228 e. The normalized spacial score (nSPS) is 26.4. The van der Waals surface area contributed by atoms with Gasteiger partial charge in [-0.25, -0.2) is 0 Å². The van der Waals surface area contributed by atoms with E-state index in [9.17, 15) is 4.79 Å².